The number of nitrogens with zero attached hydrogens (tertiary/aromatic N) is 1. The molecule has 1 aromatic rings. The van der Waals surface area contributed by atoms with Gasteiger partial charge in [-0.3, -0.25) is 0 Å². The van der Waals surface area contributed by atoms with Crippen molar-refractivity contribution in [3.8, 4) is 0 Å². The normalized spacial score (nSPS) is 24.7. The maximum Gasteiger partial charge on any atom is 0.416 e. The van der Waals surface area contributed by atoms with Gasteiger partial charge < -0.3 is 10.4 Å². The monoisotopic (exact) mass is 274 g/mol. The average Bonchev–Trinajstić information content (AvgIpc) is 2.32. The van der Waals surface area contributed by atoms with Gasteiger partial charge in [0.15, 0.2) is 0 Å². The number of rotatable bonds is 4. The van der Waals surface area contributed by atoms with E-state index in [9.17, 15) is 18.3 Å². The number of hydrogen-bond acceptors (Lipinski definition) is 3. The van der Waals surface area contributed by atoms with E-state index in [-0.39, 0.29) is 18.0 Å². The van der Waals surface area contributed by atoms with Gasteiger partial charge in [0.25, 0.3) is 0 Å². The average molecular weight is 274 g/mol. The van der Waals surface area contributed by atoms with E-state index in [4.69, 9.17) is 0 Å². The van der Waals surface area contributed by atoms with Crippen molar-refractivity contribution in [2.75, 3.05) is 5.32 Å². The molecule has 106 valence electrons. The van der Waals surface area contributed by atoms with Gasteiger partial charge in [0.05, 0.1) is 11.7 Å². The lowest BCUT2D eigenvalue weighted by Gasteiger charge is -2.38. The van der Waals surface area contributed by atoms with Crippen molar-refractivity contribution in [3.63, 3.8) is 0 Å². The van der Waals surface area contributed by atoms with Crippen LogP contribution >= 0.6 is 0 Å². The molecule has 0 unspecified atom stereocenters. The molecule has 0 radical (unpaired) electrons. The van der Waals surface area contributed by atoms with E-state index < -0.39 is 11.7 Å². The number of anilines is 1. The molecule has 0 saturated heterocycles. The highest BCUT2D eigenvalue weighted by Gasteiger charge is 2.34. The highest BCUT2D eigenvalue weighted by Crippen LogP contribution is 2.34. The molecule has 0 aromatic carbocycles. The van der Waals surface area contributed by atoms with Crippen LogP contribution in [0.3, 0.4) is 0 Å². The highest BCUT2D eigenvalue weighted by atomic mass is 19.4. The van der Waals surface area contributed by atoms with Gasteiger partial charge in [0.2, 0.25) is 0 Å². The predicted molar refractivity (Wildman–Crippen MR) is 65.7 cm³/mol. The molecule has 6 heteroatoms. The Bertz CT molecular complexity index is 430. The second-order valence-corrected chi connectivity index (χ2v) is 4.97. The largest absolute Gasteiger partial charge is 0.416 e. The van der Waals surface area contributed by atoms with E-state index in [0.29, 0.717) is 18.8 Å². The zero-order valence-corrected chi connectivity index (χ0v) is 10.6. The molecule has 1 fully saturated rings. The first-order valence-electron chi connectivity index (χ1n) is 6.38. The van der Waals surface area contributed by atoms with Crippen molar-refractivity contribution in [1.82, 2.24) is 4.98 Å². The van der Waals surface area contributed by atoms with Crippen molar-refractivity contribution < 1.29 is 18.3 Å². The first-order valence-corrected chi connectivity index (χ1v) is 6.38. The van der Waals surface area contributed by atoms with Crippen molar-refractivity contribution in [3.05, 3.63) is 23.9 Å². The summed E-state index contributed by atoms with van der Waals surface area (Å²) >= 11 is 0. The van der Waals surface area contributed by atoms with E-state index in [1.165, 1.54) is 0 Å². The minimum Gasteiger partial charge on any atom is -0.393 e. The number of aliphatic hydroxyl groups excluding tert-OH is 1. The van der Waals surface area contributed by atoms with Gasteiger partial charge in [-0.2, -0.15) is 13.2 Å². The lowest BCUT2D eigenvalue weighted by atomic mass is 9.76. The van der Waals surface area contributed by atoms with Gasteiger partial charge >= 0.3 is 6.18 Å². The summed E-state index contributed by atoms with van der Waals surface area (Å²) in [6.45, 7) is 1.97. The van der Waals surface area contributed by atoms with Crippen LogP contribution in [-0.4, -0.2) is 22.2 Å². The molecule has 1 atom stereocenters. The maximum atomic E-state index is 12.6. The Labute approximate surface area is 109 Å². The molecular formula is C13H17F3N2O. The molecule has 0 bridgehead atoms. The highest BCUT2D eigenvalue weighted by molar-refractivity contribution is 5.39. The summed E-state index contributed by atoms with van der Waals surface area (Å²) in [4.78, 5) is 3.93. The van der Waals surface area contributed by atoms with Crippen LogP contribution in [0.4, 0.5) is 19.0 Å². The van der Waals surface area contributed by atoms with Crippen LogP contribution in [0.5, 0.6) is 0 Å². The summed E-state index contributed by atoms with van der Waals surface area (Å²) in [6.07, 6.45) is -1.28. The molecule has 3 nitrogen and oxygen atoms in total. The zero-order valence-electron chi connectivity index (χ0n) is 10.6. The maximum absolute atomic E-state index is 12.6. The Balaban J connectivity index is 2.05. The van der Waals surface area contributed by atoms with Gasteiger partial charge in [-0.05, 0) is 37.3 Å². The van der Waals surface area contributed by atoms with Gasteiger partial charge in [-0.25, -0.2) is 4.98 Å². The minimum atomic E-state index is -4.35. The summed E-state index contributed by atoms with van der Waals surface area (Å²) in [5.41, 5.74) is -0.700. The van der Waals surface area contributed by atoms with E-state index >= 15 is 0 Å². The summed E-state index contributed by atoms with van der Waals surface area (Å²) in [5.74, 6) is 0.541. The van der Waals surface area contributed by atoms with Crippen LogP contribution in [0.2, 0.25) is 0 Å². The SMILES string of the molecule is CC[C@@H](Nc1cc(C(F)(F)F)ccn1)C1CC(O)C1. The van der Waals surface area contributed by atoms with E-state index in [1.807, 2.05) is 6.92 Å². The molecule has 0 aliphatic heterocycles. The van der Waals surface area contributed by atoms with E-state index in [2.05, 4.69) is 10.3 Å². The number of aliphatic hydroxyl groups is 1. The summed E-state index contributed by atoms with van der Waals surface area (Å²) in [7, 11) is 0. The fraction of sp³-hybridized carbons (Fsp3) is 0.615. The van der Waals surface area contributed by atoms with Crippen molar-refractivity contribution in [1.29, 1.82) is 0 Å². The Hall–Kier alpha value is -1.30. The third-order valence-corrected chi connectivity index (χ3v) is 3.58. The Morgan fingerprint density at radius 1 is 1.47 bits per heavy atom. The fourth-order valence-electron chi connectivity index (χ4n) is 2.39. The molecule has 2 N–H and O–H groups in total. The predicted octanol–water partition coefficient (Wildman–Crippen LogP) is 3.06. The van der Waals surface area contributed by atoms with Crippen molar-refractivity contribution in [2.45, 2.75) is 44.5 Å². The fourth-order valence-corrected chi connectivity index (χ4v) is 2.39. The van der Waals surface area contributed by atoms with Crippen LogP contribution in [-0.2, 0) is 6.18 Å². The number of pyridine rings is 1. The molecule has 1 heterocycles. The molecule has 0 amide bonds. The topological polar surface area (TPSA) is 45.2 Å². The van der Waals surface area contributed by atoms with E-state index in [0.717, 1.165) is 24.8 Å². The van der Waals surface area contributed by atoms with Crippen molar-refractivity contribution in [2.24, 2.45) is 5.92 Å². The van der Waals surface area contributed by atoms with E-state index in [1.54, 1.807) is 0 Å². The lowest BCUT2D eigenvalue weighted by molar-refractivity contribution is -0.137. The van der Waals surface area contributed by atoms with Crippen molar-refractivity contribution >= 4 is 5.82 Å². The summed E-state index contributed by atoms with van der Waals surface area (Å²) in [5, 5.41) is 12.3. The second-order valence-electron chi connectivity index (χ2n) is 4.97. The first kappa shape index (κ1) is 14.1. The first-order chi connectivity index (χ1) is 8.90. The van der Waals surface area contributed by atoms with Crippen LogP contribution in [0.1, 0.15) is 31.7 Å². The smallest absolute Gasteiger partial charge is 0.393 e. The number of alkyl halides is 3. The standard InChI is InChI=1S/C13H17F3N2O/c1-2-11(8-5-10(19)6-8)18-12-7-9(3-4-17-12)13(14,15)16/h3-4,7-8,10-11,19H,2,5-6H2,1H3,(H,17,18)/t8?,10?,11-/m1/s1. The number of halogens is 3. The third kappa shape index (κ3) is 3.37. The Morgan fingerprint density at radius 3 is 2.68 bits per heavy atom. The molecule has 0 spiro atoms. The van der Waals surface area contributed by atoms with Gasteiger partial charge in [0.1, 0.15) is 5.82 Å². The van der Waals surface area contributed by atoms with Gasteiger partial charge in [0, 0.05) is 12.2 Å². The molecule has 2 rings (SSSR count). The molecule has 1 aliphatic rings. The van der Waals surface area contributed by atoms with Gasteiger partial charge in [-0.15, -0.1) is 0 Å². The number of hydrogen-bond donors (Lipinski definition) is 2. The zero-order chi connectivity index (χ0) is 14.0. The quantitative estimate of drug-likeness (QED) is 0.887. The molecule has 1 aromatic heterocycles. The minimum absolute atomic E-state index is 0.0550. The number of aromatic nitrogens is 1. The van der Waals surface area contributed by atoms with Crippen LogP contribution in [0.15, 0.2) is 18.3 Å². The molecule has 1 saturated carbocycles. The van der Waals surface area contributed by atoms with Crippen LogP contribution in [0.25, 0.3) is 0 Å². The third-order valence-electron chi connectivity index (χ3n) is 3.58. The Kier molecular flexibility index (Phi) is 3.99. The molecule has 1 aliphatic carbocycles. The second kappa shape index (κ2) is 5.36. The van der Waals surface area contributed by atoms with Crippen LogP contribution < -0.4 is 5.32 Å². The lowest BCUT2D eigenvalue weighted by Crippen LogP contribution is -2.40. The molecule has 19 heavy (non-hydrogen) atoms. The Morgan fingerprint density at radius 2 is 2.16 bits per heavy atom. The summed E-state index contributed by atoms with van der Waals surface area (Å²) < 4.78 is 37.8. The van der Waals surface area contributed by atoms with Gasteiger partial charge in [-0.1, -0.05) is 6.92 Å². The molecular weight excluding hydrogens is 257 g/mol. The van der Waals surface area contributed by atoms with Crippen LogP contribution in [0, 0.1) is 5.92 Å². The summed E-state index contributed by atoms with van der Waals surface area (Å²) in [6, 6.07) is 2.04. The number of nitrogens with one attached hydrogen (secondary N) is 1.